The molecule has 3 nitrogen and oxygen atoms in total. The number of aromatic nitrogens is 1. The molecule has 0 spiro atoms. The first kappa shape index (κ1) is 7.16. The smallest absolute Gasteiger partial charge is 0.283 e. The third-order valence-electron chi connectivity index (χ3n) is 1.82. The van der Waals surface area contributed by atoms with Crippen molar-refractivity contribution in [3.8, 4) is 0 Å². The van der Waals surface area contributed by atoms with Gasteiger partial charge in [0.15, 0.2) is 0 Å². The van der Waals surface area contributed by atoms with E-state index in [0.29, 0.717) is 11.4 Å². The van der Waals surface area contributed by atoms with Crippen molar-refractivity contribution in [3.63, 3.8) is 0 Å². The topological polar surface area (TPSA) is 35.1 Å². The van der Waals surface area contributed by atoms with E-state index in [1.54, 1.807) is 6.07 Å². The molecule has 0 saturated heterocycles. The van der Waals surface area contributed by atoms with Crippen molar-refractivity contribution in [1.29, 1.82) is 0 Å². The third kappa shape index (κ3) is 1.27. The molecule has 1 fully saturated rings. The average Bonchev–Trinajstić information content (AvgIpc) is 2.76. The van der Waals surface area contributed by atoms with Gasteiger partial charge in [-0.3, -0.25) is 4.79 Å². The molecular weight excluding hydrogens is 210 g/mol. The molecule has 1 saturated carbocycles. The molecule has 1 aliphatic rings. The standard InChI is InChI=1S/C7H8BrNO2/c8-4-9-7(10)3-6(11-9)5-1-2-5/h3,5H,1-2,4H2. The van der Waals surface area contributed by atoms with Crippen LogP contribution in [-0.4, -0.2) is 4.74 Å². The summed E-state index contributed by atoms with van der Waals surface area (Å²) in [7, 11) is 0. The zero-order valence-corrected chi connectivity index (χ0v) is 7.50. The molecule has 2 rings (SSSR count). The molecule has 1 heterocycles. The minimum absolute atomic E-state index is 0.0521. The number of hydrogen-bond acceptors (Lipinski definition) is 2. The first-order valence-corrected chi connectivity index (χ1v) is 4.70. The van der Waals surface area contributed by atoms with Crippen molar-refractivity contribution >= 4 is 15.9 Å². The zero-order chi connectivity index (χ0) is 7.84. The Bertz CT molecular complexity index is 310. The van der Waals surface area contributed by atoms with Gasteiger partial charge in [-0.15, -0.1) is 0 Å². The van der Waals surface area contributed by atoms with Crippen LogP contribution in [0.4, 0.5) is 0 Å². The molecule has 0 aromatic carbocycles. The minimum Gasteiger partial charge on any atom is -0.380 e. The Labute approximate surface area is 72.1 Å². The van der Waals surface area contributed by atoms with Crippen LogP contribution in [0.15, 0.2) is 15.4 Å². The molecule has 4 heteroatoms. The number of alkyl halides is 1. The van der Waals surface area contributed by atoms with Crippen LogP contribution in [0, 0.1) is 0 Å². The van der Waals surface area contributed by atoms with Crippen LogP contribution >= 0.6 is 15.9 Å². The lowest BCUT2D eigenvalue weighted by Crippen LogP contribution is -2.09. The average molecular weight is 218 g/mol. The van der Waals surface area contributed by atoms with Crippen LogP contribution in [0.1, 0.15) is 24.5 Å². The van der Waals surface area contributed by atoms with E-state index < -0.39 is 0 Å². The summed E-state index contributed by atoms with van der Waals surface area (Å²) >= 11 is 3.16. The number of nitrogens with zero attached hydrogens (tertiary/aromatic N) is 1. The zero-order valence-electron chi connectivity index (χ0n) is 5.92. The molecule has 11 heavy (non-hydrogen) atoms. The molecule has 1 aromatic heterocycles. The first-order valence-electron chi connectivity index (χ1n) is 3.58. The van der Waals surface area contributed by atoms with Gasteiger partial charge in [-0.25, -0.2) is 0 Å². The summed E-state index contributed by atoms with van der Waals surface area (Å²) in [5, 5.41) is 0. The van der Waals surface area contributed by atoms with E-state index >= 15 is 0 Å². The molecule has 1 aliphatic carbocycles. The van der Waals surface area contributed by atoms with Crippen molar-refractivity contribution in [3.05, 3.63) is 22.2 Å². The highest BCUT2D eigenvalue weighted by Gasteiger charge is 2.28. The summed E-state index contributed by atoms with van der Waals surface area (Å²) in [6, 6.07) is 1.58. The van der Waals surface area contributed by atoms with Crippen LogP contribution < -0.4 is 5.56 Å². The number of hydrogen-bond donors (Lipinski definition) is 0. The van der Waals surface area contributed by atoms with Crippen molar-refractivity contribution in [2.24, 2.45) is 0 Å². The van der Waals surface area contributed by atoms with Crippen molar-refractivity contribution < 1.29 is 4.52 Å². The maximum Gasteiger partial charge on any atom is 0.283 e. The second-order valence-corrected chi connectivity index (χ2v) is 3.25. The summed E-state index contributed by atoms with van der Waals surface area (Å²) in [4.78, 5) is 11.0. The highest BCUT2D eigenvalue weighted by Crippen LogP contribution is 2.39. The van der Waals surface area contributed by atoms with Crippen LogP contribution in [0.2, 0.25) is 0 Å². The normalized spacial score (nSPS) is 17.2. The van der Waals surface area contributed by atoms with Gasteiger partial charge in [0, 0.05) is 12.0 Å². The summed E-state index contributed by atoms with van der Waals surface area (Å²) in [5.74, 6) is 1.36. The van der Waals surface area contributed by atoms with Gasteiger partial charge in [-0.05, 0) is 12.8 Å². The predicted octanol–water partition coefficient (Wildman–Crippen LogP) is 1.67. The lowest BCUT2D eigenvalue weighted by molar-refractivity contribution is 0.273. The molecule has 0 amide bonds. The van der Waals surface area contributed by atoms with Crippen LogP contribution in [0.5, 0.6) is 0 Å². The maximum absolute atomic E-state index is 11.0. The van der Waals surface area contributed by atoms with E-state index in [2.05, 4.69) is 15.9 Å². The molecule has 1 aromatic rings. The predicted molar refractivity (Wildman–Crippen MR) is 43.9 cm³/mol. The molecule has 0 N–H and O–H groups in total. The minimum atomic E-state index is -0.0521. The Kier molecular flexibility index (Phi) is 1.64. The summed E-state index contributed by atoms with van der Waals surface area (Å²) < 4.78 is 6.56. The monoisotopic (exact) mass is 217 g/mol. The second kappa shape index (κ2) is 2.52. The van der Waals surface area contributed by atoms with Crippen LogP contribution in [0.25, 0.3) is 0 Å². The van der Waals surface area contributed by atoms with E-state index in [9.17, 15) is 4.79 Å². The Morgan fingerprint density at radius 1 is 1.73 bits per heavy atom. The van der Waals surface area contributed by atoms with E-state index in [0.717, 1.165) is 18.6 Å². The fourth-order valence-corrected chi connectivity index (χ4v) is 1.39. The summed E-state index contributed by atoms with van der Waals surface area (Å²) in [5.41, 5.74) is 0.391. The Morgan fingerprint density at radius 2 is 2.45 bits per heavy atom. The molecule has 60 valence electrons. The highest BCUT2D eigenvalue weighted by atomic mass is 79.9. The van der Waals surface area contributed by atoms with Crippen molar-refractivity contribution in [2.45, 2.75) is 24.2 Å². The lowest BCUT2D eigenvalue weighted by atomic mass is 10.3. The summed E-state index contributed by atoms with van der Waals surface area (Å²) in [6.45, 7) is 0. The van der Waals surface area contributed by atoms with Gasteiger partial charge in [0.2, 0.25) is 0 Å². The lowest BCUT2D eigenvalue weighted by Gasteiger charge is -1.90. The van der Waals surface area contributed by atoms with Crippen LogP contribution in [-0.2, 0) is 5.45 Å². The number of halogens is 1. The molecular formula is C7H8BrNO2. The SMILES string of the molecule is O=c1cc(C2CC2)on1CBr. The quantitative estimate of drug-likeness (QED) is 0.707. The fourth-order valence-electron chi connectivity index (χ4n) is 1.04. The number of rotatable bonds is 2. The van der Waals surface area contributed by atoms with Crippen molar-refractivity contribution in [2.75, 3.05) is 0 Å². The highest BCUT2D eigenvalue weighted by molar-refractivity contribution is 9.08. The first-order chi connectivity index (χ1) is 5.31. The summed E-state index contributed by atoms with van der Waals surface area (Å²) in [6.07, 6.45) is 2.32. The molecule has 0 radical (unpaired) electrons. The molecule has 0 aliphatic heterocycles. The van der Waals surface area contributed by atoms with Gasteiger partial charge < -0.3 is 4.52 Å². The Hall–Kier alpha value is -0.510. The van der Waals surface area contributed by atoms with E-state index in [-0.39, 0.29) is 5.56 Å². The Balaban J connectivity index is 2.36. The molecule has 0 atom stereocenters. The van der Waals surface area contributed by atoms with E-state index in [1.165, 1.54) is 4.74 Å². The van der Waals surface area contributed by atoms with E-state index in [4.69, 9.17) is 4.52 Å². The largest absolute Gasteiger partial charge is 0.380 e. The van der Waals surface area contributed by atoms with Gasteiger partial charge in [-0.2, -0.15) is 4.74 Å². The van der Waals surface area contributed by atoms with Gasteiger partial charge in [0.25, 0.3) is 5.56 Å². The fraction of sp³-hybridized carbons (Fsp3) is 0.571. The van der Waals surface area contributed by atoms with Gasteiger partial charge in [0.1, 0.15) is 11.2 Å². The van der Waals surface area contributed by atoms with E-state index in [1.807, 2.05) is 0 Å². The van der Waals surface area contributed by atoms with Gasteiger partial charge in [0.05, 0.1) is 0 Å². The van der Waals surface area contributed by atoms with Gasteiger partial charge >= 0.3 is 0 Å². The van der Waals surface area contributed by atoms with Crippen molar-refractivity contribution in [1.82, 2.24) is 4.74 Å². The Morgan fingerprint density at radius 3 is 2.91 bits per heavy atom. The van der Waals surface area contributed by atoms with Gasteiger partial charge in [-0.1, -0.05) is 15.9 Å². The maximum atomic E-state index is 11.0. The molecule has 0 bridgehead atoms. The molecule has 0 unspecified atom stereocenters. The second-order valence-electron chi connectivity index (χ2n) is 2.75. The third-order valence-corrected chi connectivity index (χ3v) is 2.27. The van der Waals surface area contributed by atoms with Crippen LogP contribution in [0.3, 0.4) is 0 Å².